The fraction of sp³-hybridized carbons (Fsp3) is 0.500. The van der Waals surface area contributed by atoms with Crippen molar-refractivity contribution in [3.05, 3.63) is 47.5 Å². The Kier molecular flexibility index (Phi) is 3.27. The number of hydrogen-bond acceptors (Lipinski definition) is 4. The Labute approximate surface area is 129 Å². The zero-order valence-electron chi connectivity index (χ0n) is 12.2. The molecule has 5 heteroatoms. The molecule has 1 saturated heterocycles. The van der Waals surface area contributed by atoms with E-state index in [1.807, 2.05) is 11.8 Å². The Bertz CT molecular complexity index is 631. The second-order valence-corrected chi connectivity index (χ2v) is 7.61. The van der Waals surface area contributed by atoms with Crippen LogP contribution in [0.25, 0.3) is 0 Å². The van der Waals surface area contributed by atoms with Crippen molar-refractivity contribution >= 4 is 11.8 Å². The molecule has 1 N–H and O–H groups in total. The van der Waals surface area contributed by atoms with Crippen molar-refractivity contribution in [2.45, 2.75) is 37.1 Å². The van der Waals surface area contributed by atoms with Crippen LogP contribution >= 0.6 is 11.8 Å². The molecule has 21 heavy (non-hydrogen) atoms. The van der Waals surface area contributed by atoms with E-state index in [4.69, 9.17) is 0 Å². The van der Waals surface area contributed by atoms with E-state index in [-0.39, 0.29) is 10.8 Å². The number of aromatic nitrogens is 3. The number of fused-ring (bicyclic) bond motifs is 1. The summed E-state index contributed by atoms with van der Waals surface area (Å²) in [5.41, 5.74) is 1.27. The molecule has 0 radical (unpaired) electrons. The third-order valence-electron chi connectivity index (χ3n) is 4.55. The van der Waals surface area contributed by atoms with Crippen LogP contribution in [-0.2, 0) is 11.3 Å². The van der Waals surface area contributed by atoms with Gasteiger partial charge in [-0.1, -0.05) is 30.3 Å². The topological polar surface area (TPSA) is 42.7 Å². The minimum absolute atomic E-state index is 0.143. The molecule has 0 bridgehead atoms. The van der Waals surface area contributed by atoms with Crippen LogP contribution in [0, 0.1) is 0 Å². The molecule has 4 rings (SSSR count). The van der Waals surface area contributed by atoms with Crippen LogP contribution in [0.1, 0.15) is 43.0 Å². The van der Waals surface area contributed by atoms with Gasteiger partial charge < -0.3 is 9.88 Å². The zero-order chi connectivity index (χ0) is 14.3. The molecule has 2 aliphatic rings. The molecule has 2 unspecified atom stereocenters. The van der Waals surface area contributed by atoms with Crippen molar-refractivity contribution in [1.82, 2.24) is 20.1 Å². The molecule has 1 aromatic heterocycles. The molecule has 2 atom stereocenters. The van der Waals surface area contributed by atoms with Gasteiger partial charge in [-0.25, -0.2) is 0 Å². The third-order valence-corrected chi connectivity index (χ3v) is 6.06. The molecular formula is C16H20N4S. The summed E-state index contributed by atoms with van der Waals surface area (Å²) >= 11 is 2.03. The van der Waals surface area contributed by atoms with Crippen LogP contribution in [-0.4, -0.2) is 27.1 Å². The average molecular weight is 300 g/mol. The summed E-state index contributed by atoms with van der Waals surface area (Å²) in [4.78, 5) is 0. The second kappa shape index (κ2) is 5.14. The van der Waals surface area contributed by atoms with Gasteiger partial charge in [0.05, 0.1) is 10.8 Å². The average Bonchev–Trinajstić information content (AvgIpc) is 3.15. The highest BCUT2D eigenvalue weighted by Crippen LogP contribution is 2.46. The van der Waals surface area contributed by atoms with E-state index in [9.17, 15) is 0 Å². The molecule has 4 nitrogen and oxygen atoms in total. The minimum atomic E-state index is 0.143. The van der Waals surface area contributed by atoms with Crippen LogP contribution < -0.4 is 5.32 Å². The van der Waals surface area contributed by atoms with Crippen molar-refractivity contribution in [3.8, 4) is 0 Å². The summed E-state index contributed by atoms with van der Waals surface area (Å²) in [6, 6.07) is 10.7. The molecule has 1 aromatic carbocycles. The Balaban J connectivity index is 1.75. The standard InChI is InChI=1S/C16H20N4S/c1-16(8-5-11-21-16)15-19-18-14-13(17-9-10-20(14)15)12-6-3-2-4-7-12/h2-4,6-7,13,17H,5,8-11H2,1H3. The maximum atomic E-state index is 4.58. The minimum Gasteiger partial charge on any atom is -0.311 e. The molecule has 3 heterocycles. The first-order valence-corrected chi connectivity index (χ1v) is 8.62. The van der Waals surface area contributed by atoms with Crippen molar-refractivity contribution in [2.75, 3.05) is 12.3 Å². The summed E-state index contributed by atoms with van der Waals surface area (Å²) in [7, 11) is 0. The Morgan fingerprint density at radius 2 is 2.14 bits per heavy atom. The smallest absolute Gasteiger partial charge is 0.154 e. The summed E-state index contributed by atoms with van der Waals surface area (Å²) in [6.45, 7) is 4.26. The highest BCUT2D eigenvalue weighted by atomic mass is 32.2. The van der Waals surface area contributed by atoms with Crippen LogP contribution in [0.5, 0.6) is 0 Å². The van der Waals surface area contributed by atoms with Crippen molar-refractivity contribution in [1.29, 1.82) is 0 Å². The number of rotatable bonds is 2. The maximum Gasteiger partial charge on any atom is 0.154 e. The van der Waals surface area contributed by atoms with Gasteiger partial charge in [0.2, 0.25) is 0 Å². The summed E-state index contributed by atoms with van der Waals surface area (Å²) in [5, 5.41) is 12.7. The van der Waals surface area contributed by atoms with Crippen LogP contribution in [0.15, 0.2) is 30.3 Å². The predicted molar refractivity (Wildman–Crippen MR) is 85.4 cm³/mol. The van der Waals surface area contributed by atoms with Gasteiger partial charge in [-0.2, -0.15) is 0 Å². The lowest BCUT2D eigenvalue weighted by Gasteiger charge is -2.29. The number of nitrogens with zero attached hydrogens (tertiary/aromatic N) is 3. The number of nitrogens with one attached hydrogen (secondary N) is 1. The van der Waals surface area contributed by atoms with Gasteiger partial charge in [-0.3, -0.25) is 0 Å². The van der Waals surface area contributed by atoms with Gasteiger partial charge in [0.25, 0.3) is 0 Å². The van der Waals surface area contributed by atoms with Gasteiger partial charge in [0.1, 0.15) is 5.82 Å². The summed E-state index contributed by atoms with van der Waals surface area (Å²) in [6.07, 6.45) is 2.49. The molecule has 0 saturated carbocycles. The molecular weight excluding hydrogens is 280 g/mol. The van der Waals surface area contributed by atoms with Gasteiger partial charge in [-0.05, 0) is 31.1 Å². The highest BCUT2D eigenvalue weighted by Gasteiger charge is 2.38. The first-order chi connectivity index (χ1) is 10.3. The number of benzene rings is 1. The van der Waals surface area contributed by atoms with Crippen molar-refractivity contribution < 1.29 is 0 Å². The van der Waals surface area contributed by atoms with E-state index in [2.05, 4.69) is 57.3 Å². The van der Waals surface area contributed by atoms with E-state index < -0.39 is 0 Å². The third kappa shape index (κ3) is 2.19. The highest BCUT2D eigenvalue weighted by molar-refractivity contribution is 8.00. The van der Waals surface area contributed by atoms with Gasteiger partial charge >= 0.3 is 0 Å². The first-order valence-electron chi connectivity index (χ1n) is 7.64. The Hall–Kier alpha value is -1.33. The molecule has 2 aromatic rings. The van der Waals surface area contributed by atoms with E-state index in [1.165, 1.54) is 30.0 Å². The lowest BCUT2D eigenvalue weighted by atomic mass is 10.0. The number of hydrogen-bond donors (Lipinski definition) is 1. The molecule has 110 valence electrons. The van der Waals surface area contributed by atoms with E-state index >= 15 is 0 Å². The van der Waals surface area contributed by atoms with E-state index in [1.54, 1.807) is 0 Å². The molecule has 0 amide bonds. The monoisotopic (exact) mass is 300 g/mol. The summed E-state index contributed by atoms with van der Waals surface area (Å²) < 4.78 is 2.50. The predicted octanol–water partition coefficient (Wildman–Crippen LogP) is 2.71. The quantitative estimate of drug-likeness (QED) is 0.926. The van der Waals surface area contributed by atoms with Gasteiger partial charge in [0.15, 0.2) is 5.82 Å². The Morgan fingerprint density at radius 1 is 1.29 bits per heavy atom. The SMILES string of the molecule is CC1(c2nnc3n2CCNC3c2ccccc2)CCCS1. The largest absolute Gasteiger partial charge is 0.311 e. The van der Waals surface area contributed by atoms with Crippen LogP contribution in [0.3, 0.4) is 0 Å². The van der Waals surface area contributed by atoms with E-state index in [0.717, 1.165) is 18.9 Å². The number of thioether (sulfide) groups is 1. The van der Waals surface area contributed by atoms with Crippen LogP contribution in [0.4, 0.5) is 0 Å². The fourth-order valence-corrected chi connectivity index (χ4v) is 4.73. The summed E-state index contributed by atoms with van der Waals surface area (Å²) in [5.74, 6) is 3.47. The van der Waals surface area contributed by atoms with E-state index in [0.29, 0.717) is 0 Å². The lowest BCUT2D eigenvalue weighted by molar-refractivity contribution is 0.433. The normalized spacial score (nSPS) is 28.5. The molecule has 0 spiro atoms. The molecule has 0 aliphatic carbocycles. The maximum absolute atomic E-state index is 4.58. The lowest BCUT2D eigenvalue weighted by Crippen LogP contribution is -2.36. The Morgan fingerprint density at radius 3 is 2.90 bits per heavy atom. The molecule has 1 fully saturated rings. The zero-order valence-corrected chi connectivity index (χ0v) is 13.1. The molecule has 2 aliphatic heterocycles. The van der Waals surface area contributed by atoms with Crippen LogP contribution in [0.2, 0.25) is 0 Å². The van der Waals surface area contributed by atoms with Gasteiger partial charge in [0, 0.05) is 13.1 Å². The second-order valence-electron chi connectivity index (χ2n) is 6.01. The van der Waals surface area contributed by atoms with Crippen molar-refractivity contribution in [3.63, 3.8) is 0 Å². The first kappa shape index (κ1) is 13.3. The van der Waals surface area contributed by atoms with Crippen molar-refractivity contribution in [2.24, 2.45) is 0 Å². The fourth-order valence-electron chi connectivity index (χ4n) is 3.42. The van der Waals surface area contributed by atoms with Gasteiger partial charge in [-0.15, -0.1) is 22.0 Å².